The Balaban J connectivity index is 1.72. The SMILES string of the molecule is C1=C(c2cn(-c3ccc4ccccc4c3)nn2)CCCC1. The van der Waals surface area contributed by atoms with Crippen molar-refractivity contribution >= 4 is 16.3 Å². The predicted molar refractivity (Wildman–Crippen MR) is 85.3 cm³/mol. The average molecular weight is 275 g/mol. The van der Waals surface area contributed by atoms with Crippen LogP contribution in [-0.4, -0.2) is 15.0 Å². The lowest BCUT2D eigenvalue weighted by Crippen LogP contribution is -1.94. The molecule has 4 rings (SSSR count). The maximum Gasteiger partial charge on any atom is 0.109 e. The van der Waals surface area contributed by atoms with Crippen LogP contribution in [0.2, 0.25) is 0 Å². The van der Waals surface area contributed by atoms with Crippen LogP contribution in [0.3, 0.4) is 0 Å². The van der Waals surface area contributed by atoms with Gasteiger partial charge in [-0.3, -0.25) is 0 Å². The third-order valence-corrected chi connectivity index (χ3v) is 4.11. The molecular weight excluding hydrogens is 258 g/mol. The van der Waals surface area contributed by atoms with E-state index in [0.29, 0.717) is 0 Å². The number of nitrogens with zero attached hydrogens (tertiary/aromatic N) is 3. The van der Waals surface area contributed by atoms with Crippen LogP contribution in [0.5, 0.6) is 0 Å². The molecule has 21 heavy (non-hydrogen) atoms. The number of rotatable bonds is 2. The maximum atomic E-state index is 4.34. The maximum absolute atomic E-state index is 4.34. The lowest BCUT2D eigenvalue weighted by Gasteiger charge is -2.09. The minimum atomic E-state index is 1.02. The van der Waals surface area contributed by atoms with Crippen LogP contribution in [-0.2, 0) is 0 Å². The van der Waals surface area contributed by atoms with Gasteiger partial charge in [0.25, 0.3) is 0 Å². The first-order chi connectivity index (χ1) is 10.4. The number of hydrogen-bond acceptors (Lipinski definition) is 2. The summed E-state index contributed by atoms with van der Waals surface area (Å²) in [4.78, 5) is 0. The summed E-state index contributed by atoms with van der Waals surface area (Å²) in [5, 5.41) is 11.1. The van der Waals surface area contributed by atoms with Crippen LogP contribution < -0.4 is 0 Å². The van der Waals surface area contributed by atoms with Crippen LogP contribution >= 0.6 is 0 Å². The first-order valence-electron chi connectivity index (χ1n) is 7.51. The zero-order valence-corrected chi connectivity index (χ0v) is 11.9. The van der Waals surface area contributed by atoms with Gasteiger partial charge in [-0.15, -0.1) is 5.10 Å². The second-order valence-corrected chi connectivity index (χ2v) is 5.55. The van der Waals surface area contributed by atoms with E-state index < -0.39 is 0 Å². The minimum Gasteiger partial charge on any atom is -0.220 e. The van der Waals surface area contributed by atoms with Crippen molar-refractivity contribution in [3.63, 3.8) is 0 Å². The third-order valence-electron chi connectivity index (χ3n) is 4.11. The van der Waals surface area contributed by atoms with Gasteiger partial charge in [0.15, 0.2) is 0 Å². The molecule has 0 saturated heterocycles. The van der Waals surface area contributed by atoms with Gasteiger partial charge in [-0.1, -0.05) is 41.6 Å². The van der Waals surface area contributed by atoms with Gasteiger partial charge in [-0.25, -0.2) is 4.68 Å². The molecule has 0 spiro atoms. The van der Waals surface area contributed by atoms with E-state index in [1.54, 1.807) is 0 Å². The summed E-state index contributed by atoms with van der Waals surface area (Å²) in [6.45, 7) is 0. The minimum absolute atomic E-state index is 1.02. The number of aromatic nitrogens is 3. The lowest BCUT2D eigenvalue weighted by atomic mass is 9.98. The van der Waals surface area contributed by atoms with Gasteiger partial charge in [0.1, 0.15) is 5.69 Å². The Morgan fingerprint density at radius 2 is 1.86 bits per heavy atom. The molecule has 0 saturated carbocycles. The van der Waals surface area contributed by atoms with Gasteiger partial charge in [-0.2, -0.15) is 0 Å². The van der Waals surface area contributed by atoms with Gasteiger partial charge >= 0.3 is 0 Å². The van der Waals surface area contributed by atoms with E-state index in [0.717, 1.165) is 24.2 Å². The van der Waals surface area contributed by atoms with Crippen LogP contribution in [0, 0.1) is 0 Å². The van der Waals surface area contributed by atoms with Crippen LogP contribution in [0.1, 0.15) is 31.4 Å². The molecule has 1 aliphatic rings. The molecule has 2 aromatic carbocycles. The first kappa shape index (κ1) is 12.3. The van der Waals surface area contributed by atoms with Crippen molar-refractivity contribution in [2.24, 2.45) is 0 Å². The van der Waals surface area contributed by atoms with Crippen LogP contribution in [0.15, 0.2) is 54.7 Å². The fourth-order valence-corrected chi connectivity index (χ4v) is 2.93. The summed E-state index contributed by atoms with van der Waals surface area (Å²) in [5.41, 5.74) is 3.42. The Morgan fingerprint density at radius 1 is 0.952 bits per heavy atom. The smallest absolute Gasteiger partial charge is 0.109 e. The molecule has 3 nitrogen and oxygen atoms in total. The van der Waals surface area contributed by atoms with Gasteiger partial charge in [0.05, 0.1) is 11.9 Å². The zero-order valence-electron chi connectivity index (χ0n) is 11.9. The van der Waals surface area contributed by atoms with Gasteiger partial charge < -0.3 is 0 Å². The van der Waals surface area contributed by atoms with E-state index in [1.165, 1.54) is 29.2 Å². The van der Waals surface area contributed by atoms with Crippen molar-refractivity contribution in [3.05, 3.63) is 60.4 Å². The number of benzene rings is 2. The standard InChI is InChI=1S/C18H17N3/c1-2-7-15(8-3-1)18-13-21(20-19-18)17-11-10-14-6-4-5-9-16(14)12-17/h4-7,9-13H,1-3,8H2. The summed E-state index contributed by atoms with van der Waals surface area (Å²) in [7, 11) is 0. The normalized spacial score (nSPS) is 15.1. The van der Waals surface area contributed by atoms with E-state index in [-0.39, 0.29) is 0 Å². The molecule has 0 fully saturated rings. The van der Waals surface area contributed by atoms with Gasteiger partial charge in [0.2, 0.25) is 0 Å². The van der Waals surface area contributed by atoms with E-state index in [1.807, 2.05) is 10.9 Å². The summed E-state index contributed by atoms with van der Waals surface area (Å²) in [6.07, 6.45) is 9.19. The molecule has 1 heterocycles. The lowest BCUT2D eigenvalue weighted by molar-refractivity contribution is 0.738. The van der Waals surface area contributed by atoms with E-state index in [4.69, 9.17) is 0 Å². The fourth-order valence-electron chi connectivity index (χ4n) is 2.93. The predicted octanol–water partition coefficient (Wildman–Crippen LogP) is 4.38. The van der Waals surface area contributed by atoms with Gasteiger partial charge in [-0.05, 0) is 54.2 Å². The third kappa shape index (κ3) is 2.35. The van der Waals surface area contributed by atoms with E-state index >= 15 is 0 Å². The van der Waals surface area contributed by atoms with Crippen molar-refractivity contribution in [1.82, 2.24) is 15.0 Å². The van der Waals surface area contributed by atoms with Crippen molar-refractivity contribution < 1.29 is 0 Å². The summed E-state index contributed by atoms with van der Waals surface area (Å²) in [6, 6.07) is 14.8. The van der Waals surface area contributed by atoms with Crippen molar-refractivity contribution in [2.75, 3.05) is 0 Å². The van der Waals surface area contributed by atoms with E-state index in [9.17, 15) is 0 Å². The Bertz CT molecular complexity index is 814. The topological polar surface area (TPSA) is 30.7 Å². The monoisotopic (exact) mass is 275 g/mol. The molecule has 1 aromatic heterocycles. The molecular formula is C18H17N3. The highest BCUT2D eigenvalue weighted by Crippen LogP contribution is 2.26. The molecule has 0 bridgehead atoms. The van der Waals surface area contributed by atoms with E-state index in [2.05, 4.69) is 58.9 Å². The molecule has 3 aromatic rings. The van der Waals surface area contributed by atoms with Gasteiger partial charge in [0, 0.05) is 0 Å². The second-order valence-electron chi connectivity index (χ2n) is 5.55. The average Bonchev–Trinajstić information content (AvgIpc) is 3.05. The highest BCUT2D eigenvalue weighted by Gasteiger charge is 2.10. The molecule has 0 unspecified atom stereocenters. The highest BCUT2D eigenvalue weighted by atomic mass is 15.4. The Kier molecular flexibility index (Phi) is 3.03. The zero-order chi connectivity index (χ0) is 14.1. The van der Waals surface area contributed by atoms with Crippen LogP contribution in [0.4, 0.5) is 0 Å². The number of allylic oxidation sites excluding steroid dienone is 2. The largest absolute Gasteiger partial charge is 0.220 e. The van der Waals surface area contributed by atoms with Crippen molar-refractivity contribution in [2.45, 2.75) is 25.7 Å². The molecule has 104 valence electrons. The Morgan fingerprint density at radius 3 is 2.71 bits per heavy atom. The molecule has 1 aliphatic carbocycles. The Hall–Kier alpha value is -2.42. The molecule has 0 atom stereocenters. The number of hydrogen-bond donors (Lipinski definition) is 0. The number of fused-ring (bicyclic) bond motifs is 1. The highest BCUT2D eigenvalue weighted by molar-refractivity contribution is 5.84. The summed E-state index contributed by atoms with van der Waals surface area (Å²) in [5.74, 6) is 0. The summed E-state index contributed by atoms with van der Waals surface area (Å²) < 4.78 is 1.87. The Labute approximate surface area is 123 Å². The van der Waals surface area contributed by atoms with Crippen molar-refractivity contribution in [3.8, 4) is 5.69 Å². The molecule has 0 N–H and O–H groups in total. The molecule has 0 aliphatic heterocycles. The van der Waals surface area contributed by atoms with Crippen LogP contribution in [0.25, 0.3) is 22.0 Å². The summed E-state index contributed by atoms with van der Waals surface area (Å²) >= 11 is 0. The molecule has 3 heteroatoms. The molecule has 0 amide bonds. The van der Waals surface area contributed by atoms with Crippen molar-refractivity contribution in [1.29, 1.82) is 0 Å². The fraction of sp³-hybridized carbons (Fsp3) is 0.222. The quantitative estimate of drug-likeness (QED) is 0.695. The molecule has 0 radical (unpaired) electrons. The second kappa shape index (κ2) is 5.17. The first-order valence-corrected chi connectivity index (χ1v) is 7.51.